The average molecular weight is 333 g/mol. The van der Waals surface area contributed by atoms with E-state index in [0.29, 0.717) is 11.8 Å². The van der Waals surface area contributed by atoms with Gasteiger partial charge in [0.1, 0.15) is 12.1 Å². The van der Waals surface area contributed by atoms with Crippen LogP contribution in [0.2, 0.25) is 0 Å². The molecule has 0 spiro atoms. The Morgan fingerprint density at radius 1 is 1.08 bits per heavy atom. The van der Waals surface area contributed by atoms with Crippen molar-refractivity contribution in [3.8, 4) is 0 Å². The molecule has 5 rings (SSSR count). The van der Waals surface area contributed by atoms with Gasteiger partial charge in [0.2, 0.25) is 0 Å². The molecule has 4 heterocycles. The second-order valence-corrected chi connectivity index (χ2v) is 6.86. The molecule has 1 N–H and O–H groups in total. The Bertz CT molecular complexity index is 880. The number of hydrogen-bond donors (Lipinski definition) is 1. The molecule has 0 amide bonds. The topological polar surface area (TPSA) is 79.7 Å². The lowest BCUT2D eigenvalue weighted by Crippen LogP contribution is -2.50. The normalized spacial score (nSPS) is 17.5. The number of nitrogens with zero attached hydrogens (tertiary/aromatic N) is 6. The van der Waals surface area contributed by atoms with Crippen molar-refractivity contribution in [2.45, 2.75) is 18.8 Å². The van der Waals surface area contributed by atoms with Gasteiger partial charge in [0.15, 0.2) is 5.82 Å². The maximum atomic E-state index is 4.38. The fraction of sp³-hybridized carbons (Fsp3) is 0.389. The van der Waals surface area contributed by atoms with Gasteiger partial charge >= 0.3 is 0 Å². The lowest BCUT2D eigenvalue weighted by Gasteiger charge is -2.40. The minimum absolute atomic E-state index is 0.580. The molecule has 7 heteroatoms. The number of anilines is 2. The third kappa shape index (κ3) is 2.86. The van der Waals surface area contributed by atoms with E-state index in [4.69, 9.17) is 0 Å². The monoisotopic (exact) mass is 333 g/mol. The number of hydrogen-bond acceptors (Lipinski definition) is 7. The third-order valence-electron chi connectivity index (χ3n) is 4.94. The Labute approximate surface area is 145 Å². The van der Waals surface area contributed by atoms with E-state index < -0.39 is 0 Å². The average Bonchev–Trinajstić information content (AvgIpc) is 3.46. The molecule has 1 saturated heterocycles. The van der Waals surface area contributed by atoms with Crippen LogP contribution in [0.25, 0.3) is 10.9 Å². The Balaban J connectivity index is 1.18. The van der Waals surface area contributed by atoms with Gasteiger partial charge in [0.25, 0.3) is 0 Å². The van der Waals surface area contributed by atoms with Crippen LogP contribution in [0.4, 0.5) is 11.6 Å². The maximum Gasteiger partial charge on any atom is 0.151 e. The first-order valence-electron chi connectivity index (χ1n) is 8.74. The molecule has 1 aliphatic heterocycles. The highest BCUT2D eigenvalue weighted by Crippen LogP contribution is 2.39. The Morgan fingerprint density at radius 2 is 2.00 bits per heavy atom. The van der Waals surface area contributed by atoms with Crippen molar-refractivity contribution < 1.29 is 0 Å². The largest absolute Gasteiger partial charge is 0.369 e. The number of aromatic nitrogens is 5. The first kappa shape index (κ1) is 14.5. The van der Waals surface area contributed by atoms with E-state index in [9.17, 15) is 0 Å². The number of pyridine rings is 1. The van der Waals surface area contributed by atoms with Crippen LogP contribution in [0.15, 0.2) is 36.9 Å². The Morgan fingerprint density at radius 3 is 2.80 bits per heavy atom. The molecule has 2 fully saturated rings. The molecule has 7 nitrogen and oxygen atoms in total. The van der Waals surface area contributed by atoms with E-state index in [-0.39, 0.29) is 0 Å². The van der Waals surface area contributed by atoms with Crippen molar-refractivity contribution in [2.24, 2.45) is 5.92 Å². The van der Waals surface area contributed by atoms with Crippen LogP contribution in [0.5, 0.6) is 0 Å². The SMILES string of the molecule is c1cc2c(NCC3CN(c4ccc(C5CC5)nn4)C3)ncnc2cn1. The predicted molar refractivity (Wildman–Crippen MR) is 95.5 cm³/mol. The molecule has 25 heavy (non-hydrogen) atoms. The minimum atomic E-state index is 0.580. The number of fused-ring (bicyclic) bond motifs is 1. The lowest BCUT2D eigenvalue weighted by atomic mass is 10.00. The zero-order valence-electron chi connectivity index (χ0n) is 13.8. The second-order valence-electron chi connectivity index (χ2n) is 6.86. The zero-order chi connectivity index (χ0) is 16.6. The van der Waals surface area contributed by atoms with Crippen LogP contribution < -0.4 is 10.2 Å². The summed E-state index contributed by atoms with van der Waals surface area (Å²) in [7, 11) is 0. The molecule has 126 valence electrons. The number of rotatable bonds is 5. The summed E-state index contributed by atoms with van der Waals surface area (Å²) in [6.45, 7) is 2.88. The molecule has 0 aromatic carbocycles. The molecule has 0 atom stereocenters. The van der Waals surface area contributed by atoms with Crippen LogP contribution in [0.1, 0.15) is 24.5 Å². The fourth-order valence-electron chi connectivity index (χ4n) is 3.28. The van der Waals surface area contributed by atoms with Crippen LogP contribution in [0.3, 0.4) is 0 Å². The Hall–Kier alpha value is -2.83. The summed E-state index contributed by atoms with van der Waals surface area (Å²) in [5.74, 6) is 3.10. The summed E-state index contributed by atoms with van der Waals surface area (Å²) in [4.78, 5) is 15.0. The highest BCUT2D eigenvalue weighted by molar-refractivity contribution is 5.87. The molecule has 0 unspecified atom stereocenters. The predicted octanol–water partition coefficient (Wildman–Crippen LogP) is 2.24. The van der Waals surface area contributed by atoms with E-state index >= 15 is 0 Å². The van der Waals surface area contributed by atoms with E-state index in [1.54, 1.807) is 18.7 Å². The number of nitrogens with one attached hydrogen (secondary N) is 1. The summed E-state index contributed by atoms with van der Waals surface area (Å²) in [5.41, 5.74) is 2.01. The third-order valence-corrected chi connectivity index (χ3v) is 4.94. The summed E-state index contributed by atoms with van der Waals surface area (Å²) in [6, 6.07) is 6.18. The molecule has 3 aromatic rings. The van der Waals surface area contributed by atoms with E-state index in [2.05, 4.69) is 47.5 Å². The summed E-state index contributed by atoms with van der Waals surface area (Å²) < 4.78 is 0. The molecule has 3 aromatic heterocycles. The van der Waals surface area contributed by atoms with Gasteiger partial charge in [0.05, 0.1) is 17.4 Å². The molecule has 0 radical (unpaired) electrons. The molecule has 1 saturated carbocycles. The van der Waals surface area contributed by atoms with Crippen molar-refractivity contribution in [3.05, 3.63) is 42.6 Å². The van der Waals surface area contributed by atoms with Gasteiger partial charge < -0.3 is 10.2 Å². The second kappa shape index (κ2) is 5.91. The van der Waals surface area contributed by atoms with Gasteiger partial charge in [-0.1, -0.05) is 0 Å². The van der Waals surface area contributed by atoms with Crippen molar-refractivity contribution in [2.75, 3.05) is 29.9 Å². The van der Waals surface area contributed by atoms with Gasteiger partial charge in [-0.2, -0.15) is 5.10 Å². The first-order chi connectivity index (χ1) is 12.4. The molecule has 2 aliphatic rings. The van der Waals surface area contributed by atoms with Crippen LogP contribution in [-0.4, -0.2) is 44.8 Å². The smallest absolute Gasteiger partial charge is 0.151 e. The van der Waals surface area contributed by atoms with Crippen molar-refractivity contribution in [1.29, 1.82) is 0 Å². The van der Waals surface area contributed by atoms with Crippen molar-refractivity contribution in [3.63, 3.8) is 0 Å². The quantitative estimate of drug-likeness (QED) is 0.767. The van der Waals surface area contributed by atoms with Gasteiger partial charge in [-0.25, -0.2) is 9.97 Å². The van der Waals surface area contributed by atoms with Crippen molar-refractivity contribution >= 4 is 22.5 Å². The van der Waals surface area contributed by atoms with Crippen molar-refractivity contribution in [1.82, 2.24) is 25.1 Å². The maximum absolute atomic E-state index is 4.38. The van der Waals surface area contributed by atoms with Crippen LogP contribution in [0, 0.1) is 5.92 Å². The van der Waals surface area contributed by atoms with E-state index in [1.165, 1.54) is 12.8 Å². The molecular formula is C18H19N7. The Kier molecular flexibility index (Phi) is 3.43. The van der Waals surface area contributed by atoms with Gasteiger partial charge in [-0.05, 0) is 31.0 Å². The summed E-state index contributed by atoms with van der Waals surface area (Å²) in [5, 5.41) is 13.2. The first-order valence-corrected chi connectivity index (χ1v) is 8.74. The molecule has 1 aliphatic carbocycles. The van der Waals surface area contributed by atoms with Crippen LogP contribution >= 0.6 is 0 Å². The van der Waals surface area contributed by atoms with Gasteiger partial charge in [-0.15, -0.1) is 5.10 Å². The van der Waals surface area contributed by atoms with Crippen LogP contribution in [-0.2, 0) is 0 Å². The van der Waals surface area contributed by atoms with E-state index in [0.717, 1.165) is 47.9 Å². The fourth-order valence-corrected chi connectivity index (χ4v) is 3.28. The summed E-state index contributed by atoms with van der Waals surface area (Å²) in [6.07, 6.45) is 7.64. The highest BCUT2D eigenvalue weighted by Gasteiger charge is 2.29. The lowest BCUT2D eigenvalue weighted by molar-refractivity contribution is 0.425. The molecule has 0 bridgehead atoms. The zero-order valence-corrected chi connectivity index (χ0v) is 13.8. The van der Waals surface area contributed by atoms with Gasteiger partial charge in [0, 0.05) is 43.1 Å². The summed E-state index contributed by atoms with van der Waals surface area (Å²) >= 11 is 0. The van der Waals surface area contributed by atoms with Gasteiger partial charge in [-0.3, -0.25) is 4.98 Å². The standard InChI is InChI=1S/C18H19N7/c1-2-13(1)15-3-4-17(24-23-15)25-9-12(10-25)7-20-18-14-5-6-19-8-16(14)21-11-22-18/h3-6,8,11-13H,1-2,7,9-10H2,(H,20,21,22). The van der Waals surface area contributed by atoms with E-state index in [1.807, 2.05) is 6.07 Å². The highest BCUT2D eigenvalue weighted by atomic mass is 15.3. The molecular weight excluding hydrogens is 314 g/mol. The minimum Gasteiger partial charge on any atom is -0.369 e.